The minimum Gasteiger partial charge on any atom is -0.382 e. The standard InChI is InChI=1S/C9H17BrO2/c1-6(11-3)4-8-7(2)12-5-9(8)10/h6-9H,4-5H2,1-3H3. The van der Waals surface area contributed by atoms with Gasteiger partial charge in [-0.3, -0.25) is 0 Å². The molecule has 2 nitrogen and oxygen atoms in total. The predicted molar refractivity (Wildman–Crippen MR) is 52.7 cm³/mol. The molecule has 0 aromatic heterocycles. The van der Waals surface area contributed by atoms with E-state index in [1.54, 1.807) is 7.11 Å². The van der Waals surface area contributed by atoms with Crippen LogP contribution in [0.3, 0.4) is 0 Å². The maximum atomic E-state index is 5.52. The third kappa shape index (κ3) is 2.44. The van der Waals surface area contributed by atoms with Crippen LogP contribution in [0.15, 0.2) is 0 Å². The number of ether oxygens (including phenoxy) is 2. The molecule has 0 saturated carbocycles. The summed E-state index contributed by atoms with van der Waals surface area (Å²) in [5, 5.41) is 0. The molecule has 0 radical (unpaired) electrons. The lowest BCUT2D eigenvalue weighted by Gasteiger charge is -2.20. The molecule has 0 aromatic rings. The Bertz CT molecular complexity index is 130. The van der Waals surface area contributed by atoms with Gasteiger partial charge in [0.1, 0.15) is 0 Å². The number of alkyl halides is 1. The highest BCUT2D eigenvalue weighted by Gasteiger charge is 2.33. The highest BCUT2D eigenvalue weighted by molar-refractivity contribution is 9.09. The summed E-state index contributed by atoms with van der Waals surface area (Å²) in [6.07, 6.45) is 1.78. The Hall–Kier alpha value is 0.400. The predicted octanol–water partition coefficient (Wildman–Crippen LogP) is 2.21. The summed E-state index contributed by atoms with van der Waals surface area (Å²) in [4.78, 5) is 0.505. The summed E-state index contributed by atoms with van der Waals surface area (Å²) < 4.78 is 10.8. The van der Waals surface area contributed by atoms with Crippen LogP contribution in [0.2, 0.25) is 0 Å². The Morgan fingerprint density at radius 2 is 2.33 bits per heavy atom. The number of rotatable bonds is 3. The third-order valence-electron chi connectivity index (χ3n) is 2.59. The lowest BCUT2D eigenvalue weighted by molar-refractivity contribution is 0.0639. The van der Waals surface area contributed by atoms with Crippen molar-refractivity contribution in [3.63, 3.8) is 0 Å². The number of hydrogen-bond donors (Lipinski definition) is 0. The van der Waals surface area contributed by atoms with E-state index < -0.39 is 0 Å². The van der Waals surface area contributed by atoms with Gasteiger partial charge in [0.05, 0.1) is 18.8 Å². The molecule has 0 aliphatic carbocycles. The summed E-state index contributed by atoms with van der Waals surface area (Å²) in [7, 11) is 1.76. The van der Waals surface area contributed by atoms with Crippen LogP contribution in [0, 0.1) is 5.92 Å². The normalized spacial score (nSPS) is 38.5. The Kier molecular flexibility index (Phi) is 4.00. The highest BCUT2D eigenvalue weighted by atomic mass is 79.9. The van der Waals surface area contributed by atoms with Gasteiger partial charge in [-0.2, -0.15) is 0 Å². The van der Waals surface area contributed by atoms with Crippen molar-refractivity contribution >= 4 is 15.9 Å². The second-order valence-electron chi connectivity index (χ2n) is 3.50. The zero-order valence-electron chi connectivity index (χ0n) is 7.92. The second kappa shape index (κ2) is 4.58. The molecule has 0 bridgehead atoms. The van der Waals surface area contributed by atoms with Crippen molar-refractivity contribution in [3.8, 4) is 0 Å². The molecule has 1 rings (SSSR count). The SMILES string of the molecule is COC(C)CC1C(Br)COC1C. The number of methoxy groups -OCH3 is 1. The molecular weight excluding hydrogens is 220 g/mol. The molecule has 0 N–H and O–H groups in total. The van der Waals surface area contributed by atoms with Crippen LogP contribution in [0.5, 0.6) is 0 Å². The van der Waals surface area contributed by atoms with E-state index in [4.69, 9.17) is 9.47 Å². The van der Waals surface area contributed by atoms with Crippen molar-refractivity contribution in [2.45, 2.75) is 37.3 Å². The maximum absolute atomic E-state index is 5.52. The van der Waals surface area contributed by atoms with Crippen molar-refractivity contribution in [2.24, 2.45) is 5.92 Å². The fraction of sp³-hybridized carbons (Fsp3) is 1.00. The first-order valence-electron chi connectivity index (χ1n) is 4.43. The van der Waals surface area contributed by atoms with Gasteiger partial charge >= 0.3 is 0 Å². The second-order valence-corrected chi connectivity index (χ2v) is 4.68. The molecule has 0 amide bonds. The average Bonchev–Trinajstić information content (AvgIpc) is 2.35. The smallest absolute Gasteiger partial charge is 0.0598 e. The zero-order valence-corrected chi connectivity index (χ0v) is 9.50. The van der Waals surface area contributed by atoms with E-state index in [0.29, 0.717) is 23.0 Å². The lowest BCUT2D eigenvalue weighted by atomic mass is 9.96. The molecule has 4 atom stereocenters. The third-order valence-corrected chi connectivity index (χ3v) is 3.54. The molecule has 0 aromatic carbocycles. The lowest BCUT2D eigenvalue weighted by Crippen LogP contribution is -2.23. The first kappa shape index (κ1) is 10.5. The summed E-state index contributed by atoms with van der Waals surface area (Å²) >= 11 is 3.62. The van der Waals surface area contributed by atoms with Crippen LogP contribution >= 0.6 is 15.9 Å². The molecular formula is C9H17BrO2. The molecule has 0 spiro atoms. The average molecular weight is 237 g/mol. The molecule has 4 unspecified atom stereocenters. The Morgan fingerprint density at radius 1 is 1.67 bits per heavy atom. The van der Waals surface area contributed by atoms with Gasteiger partial charge in [-0.25, -0.2) is 0 Å². The number of hydrogen-bond acceptors (Lipinski definition) is 2. The Morgan fingerprint density at radius 3 is 2.75 bits per heavy atom. The highest BCUT2D eigenvalue weighted by Crippen LogP contribution is 2.31. The van der Waals surface area contributed by atoms with Crippen LogP contribution in [-0.4, -0.2) is 30.8 Å². The van der Waals surface area contributed by atoms with Crippen LogP contribution < -0.4 is 0 Å². The first-order valence-corrected chi connectivity index (χ1v) is 5.35. The number of halogens is 1. The molecule has 72 valence electrons. The van der Waals surface area contributed by atoms with Crippen LogP contribution in [0.4, 0.5) is 0 Å². The van der Waals surface area contributed by atoms with E-state index in [2.05, 4.69) is 29.8 Å². The van der Waals surface area contributed by atoms with Gasteiger partial charge in [0.2, 0.25) is 0 Å². The van der Waals surface area contributed by atoms with Crippen molar-refractivity contribution in [1.29, 1.82) is 0 Å². The molecule has 3 heteroatoms. The van der Waals surface area contributed by atoms with E-state index in [-0.39, 0.29) is 0 Å². The van der Waals surface area contributed by atoms with E-state index in [0.717, 1.165) is 13.0 Å². The summed E-state index contributed by atoms with van der Waals surface area (Å²) in [6, 6.07) is 0. The minimum atomic E-state index is 0.333. The molecule has 1 fully saturated rings. The monoisotopic (exact) mass is 236 g/mol. The summed E-state index contributed by atoms with van der Waals surface area (Å²) in [5.41, 5.74) is 0. The zero-order chi connectivity index (χ0) is 9.14. The van der Waals surface area contributed by atoms with Crippen molar-refractivity contribution in [1.82, 2.24) is 0 Å². The van der Waals surface area contributed by atoms with Gasteiger partial charge < -0.3 is 9.47 Å². The van der Waals surface area contributed by atoms with Gasteiger partial charge in [-0.05, 0) is 20.3 Å². The molecule has 1 saturated heterocycles. The molecule has 1 aliphatic rings. The Balaban J connectivity index is 2.38. The largest absolute Gasteiger partial charge is 0.382 e. The van der Waals surface area contributed by atoms with Gasteiger partial charge in [0.25, 0.3) is 0 Å². The van der Waals surface area contributed by atoms with E-state index in [1.165, 1.54) is 0 Å². The van der Waals surface area contributed by atoms with E-state index >= 15 is 0 Å². The topological polar surface area (TPSA) is 18.5 Å². The van der Waals surface area contributed by atoms with Crippen molar-refractivity contribution < 1.29 is 9.47 Å². The van der Waals surface area contributed by atoms with Gasteiger partial charge in [0, 0.05) is 17.9 Å². The van der Waals surface area contributed by atoms with E-state index in [1.807, 2.05) is 0 Å². The molecule has 1 aliphatic heterocycles. The van der Waals surface area contributed by atoms with Crippen LogP contribution in [0.25, 0.3) is 0 Å². The summed E-state index contributed by atoms with van der Waals surface area (Å²) in [6.45, 7) is 5.07. The quantitative estimate of drug-likeness (QED) is 0.700. The van der Waals surface area contributed by atoms with E-state index in [9.17, 15) is 0 Å². The Labute approximate surface area is 82.7 Å². The fourth-order valence-corrected chi connectivity index (χ4v) is 2.40. The molecule has 1 heterocycles. The van der Waals surface area contributed by atoms with Gasteiger partial charge in [0.15, 0.2) is 0 Å². The van der Waals surface area contributed by atoms with Crippen LogP contribution in [0.1, 0.15) is 20.3 Å². The van der Waals surface area contributed by atoms with Gasteiger partial charge in [-0.1, -0.05) is 15.9 Å². The van der Waals surface area contributed by atoms with Gasteiger partial charge in [-0.15, -0.1) is 0 Å². The first-order chi connectivity index (χ1) is 5.65. The van der Waals surface area contributed by atoms with Crippen molar-refractivity contribution in [2.75, 3.05) is 13.7 Å². The van der Waals surface area contributed by atoms with Crippen molar-refractivity contribution in [3.05, 3.63) is 0 Å². The molecule has 12 heavy (non-hydrogen) atoms. The fourth-order valence-electron chi connectivity index (χ4n) is 1.60. The minimum absolute atomic E-state index is 0.333. The maximum Gasteiger partial charge on any atom is 0.0598 e. The van der Waals surface area contributed by atoms with Crippen LogP contribution in [-0.2, 0) is 9.47 Å². The summed E-state index contributed by atoms with van der Waals surface area (Å²) in [5.74, 6) is 0.597.